The summed E-state index contributed by atoms with van der Waals surface area (Å²) in [7, 11) is 1.18. The third kappa shape index (κ3) is 68.8. The van der Waals surface area contributed by atoms with Gasteiger partial charge in [0, 0.05) is 12.8 Å². The Kier molecular flexibility index (Phi) is 63.4. The number of hydrogen-bond acceptors (Lipinski definition) is 8. The average molecular weight is 1200 g/mol. The summed E-state index contributed by atoms with van der Waals surface area (Å²) in [6.45, 7) is 4.27. The van der Waals surface area contributed by atoms with Crippen LogP contribution in [0.4, 0.5) is 0 Å². The van der Waals surface area contributed by atoms with Crippen LogP contribution >= 0.6 is 7.82 Å². The Labute approximate surface area is 521 Å². The normalized spacial score (nSPS) is 13.5. The van der Waals surface area contributed by atoms with Crippen LogP contribution in [-0.2, 0) is 32.7 Å². The second-order valence-corrected chi connectivity index (χ2v) is 27.0. The van der Waals surface area contributed by atoms with E-state index in [-0.39, 0.29) is 32.0 Å². The second-order valence-electron chi connectivity index (χ2n) is 25.6. The van der Waals surface area contributed by atoms with E-state index >= 15 is 0 Å². The molecule has 2 unspecified atom stereocenters. The molecule has 0 aliphatic rings. The van der Waals surface area contributed by atoms with Crippen LogP contribution in [0.2, 0.25) is 0 Å². The van der Waals surface area contributed by atoms with Crippen LogP contribution in [0.5, 0.6) is 0 Å². The van der Waals surface area contributed by atoms with Crippen molar-refractivity contribution >= 4 is 19.8 Å². The number of carbonyl (C=O) groups excluding carboxylic acids is 2. The van der Waals surface area contributed by atoms with Crippen LogP contribution < -0.4 is 4.89 Å². The highest BCUT2D eigenvalue weighted by Crippen LogP contribution is 2.38. The number of allylic oxidation sites excluding steroid dienone is 10. The predicted molar refractivity (Wildman–Crippen MR) is 360 cm³/mol. The van der Waals surface area contributed by atoms with Crippen molar-refractivity contribution < 1.29 is 42.1 Å². The van der Waals surface area contributed by atoms with Crippen molar-refractivity contribution in [3.63, 3.8) is 0 Å². The van der Waals surface area contributed by atoms with Gasteiger partial charge in [0.1, 0.15) is 19.8 Å². The highest BCUT2D eigenvalue weighted by Gasteiger charge is 2.22. The summed E-state index contributed by atoms with van der Waals surface area (Å²) in [6, 6.07) is 0. The van der Waals surface area contributed by atoms with E-state index < -0.39 is 26.5 Å². The van der Waals surface area contributed by atoms with E-state index in [1.54, 1.807) is 0 Å². The molecule has 10 heteroatoms. The summed E-state index contributed by atoms with van der Waals surface area (Å²) in [5.74, 6) is -0.820. The standard InChI is InChI=1S/C74H138NO8P/c1-6-8-10-12-14-16-18-20-22-24-26-28-30-32-34-35-36-37-38-39-41-42-44-46-48-50-52-54-56-58-60-62-64-66-73(76)80-70-72(71-82-84(78,79)81-69-68-75(3,4)5)83-74(77)67-65-63-61-59-57-55-53-51-49-47-45-43-40-33-31-29-27-25-23-21-19-17-15-13-11-9-7-2/h18-21,24-27,31,33,72H,6-17,22-23,28-30,32,34-71H2,1-5H3/b20-18-,21-19-,26-24-,27-25-,33-31-. The van der Waals surface area contributed by atoms with E-state index in [2.05, 4.69) is 74.6 Å². The van der Waals surface area contributed by atoms with Crippen molar-refractivity contribution in [1.82, 2.24) is 0 Å². The summed E-state index contributed by atoms with van der Waals surface area (Å²) in [5.41, 5.74) is 0. The third-order valence-corrected chi connectivity index (χ3v) is 17.0. The molecule has 2 atom stereocenters. The summed E-state index contributed by atoms with van der Waals surface area (Å²) in [4.78, 5) is 38.1. The SMILES string of the molecule is CCCCCCC/C=C\C/C=C\C/C=C\CCCCCCCCCCCCCCC(=O)OC(COC(=O)CCCCCCCCCCCCCCCCCCCCCCC/C=C\C/C=C\CCCCCCC)COP(=O)([O-])OCC[N+](C)(C)C. The van der Waals surface area contributed by atoms with Gasteiger partial charge in [-0.1, -0.05) is 312 Å². The number of phosphoric ester groups is 1. The van der Waals surface area contributed by atoms with Crippen molar-refractivity contribution in [3.8, 4) is 0 Å². The summed E-state index contributed by atoms with van der Waals surface area (Å²) in [5, 5.41) is 0. The molecule has 0 radical (unpaired) electrons. The van der Waals surface area contributed by atoms with Crippen molar-refractivity contribution in [2.45, 2.75) is 354 Å². The third-order valence-electron chi connectivity index (χ3n) is 16.0. The van der Waals surface area contributed by atoms with Gasteiger partial charge in [0.25, 0.3) is 7.82 Å². The van der Waals surface area contributed by atoms with Crippen molar-refractivity contribution in [2.75, 3.05) is 47.5 Å². The highest BCUT2D eigenvalue weighted by molar-refractivity contribution is 7.45. The molecule has 0 fully saturated rings. The second kappa shape index (κ2) is 65.2. The number of phosphoric acid groups is 1. The van der Waals surface area contributed by atoms with Crippen LogP contribution in [0.1, 0.15) is 348 Å². The first kappa shape index (κ1) is 81.7. The minimum Gasteiger partial charge on any atom is -0.756 e. The van der Waals surface area contributed by atoms with E-state index in [0.29, 0.717) is 17.4 Å². The van der Waals surface area contributed by atoms with Gasteiger partial charge in [-0.15, -0.1) is 0 Å². The summed E-state index contributed by atoms with van der Waals surface area (Å²) in [6.07, 6.45) is 85.9. The lowest BCUT2D eigenvalue weighted by Crippen LogP contribution is -2.37. The van der Waals surface area contributed by atoms with Crippen LogP contribution in [0.15, 0.2) is 60.8 Å². The zero-order valence-electron chi connectivity index (χ0n) is 56.1. The van der Waals surface area contributed by atoms with Gasteiger partial charge in [0.05, 0.1) is 27.7 Å². The molecular weight excluding hydrogens is 1060 g/mol. The largest absolute Gasteiger partial charge is 0.756 e. The number of nitrogens with zero attached hydrogens (tertiary/aromatic N) is 1. The van der Waals surface area contributed by atoms with E-state index in [1.165, 1.54) is 257 Å². The molecule has 492 valence electrons. The first-order chi connectivity index (χ1) is 41.0. The number of quaternary nitrogens is 1. The zero-order chi connectivity index (χ0) is 61.2. The number of rotatable bonds is 67. The number of likely N-dealkylation sites (N-methyl/N-ethyl adjacent to an activating group) is 1. The van der Waals surface area contributed by atoms with Crippen molar-refractivity contribution in [3.05, 3.63) is 60.8 Å². The Morgan fingerprint density at radius 2 is 0.643 bits per heavy atom. The molecule has 0 amide bonds. The lowest BCUT2D eigenvalue weighted by molar-refractivity contribution is -0.870. The molecule has 0 aromatic heterocycles. The fraction of sp³-hybridized carbons (Fsp3) is 0.838. The Hall–Kier alpha value is -2.29. The van der Waals surface area contributed by atoms with Crippen LogP contribution in [-0.4, -0.2) is 70.0 Å². The molecule has 0 aromatic carbocycles. The molecule has 9 nitrogen and oxygen atoms in total. The first-order valence-corrected chi connectivity index (χ1v) is 37.5. The Morgan fingerprint density at radius 1 is 0.369 bits per heavy atom. The number of hydrogen-bond donors (Lipinski definition) is 0. The molecule has 0 saturated heterocycles. The first-order valence-electron chi connectivity index (χ1n) is 36.0. The van der Waals surface area contributed by atoms with E-state index in [0.717, 1.165) is 57.8 Å². The van der Waals surface area contributed by atoms with Crippen molar-refractivity contribution in [1.29, 1.82) is 0 Å². The molecule has 0 N–H and O–H groups in total. The molecule has 0 rings (SSSR count). The van der Waals surface area contributed by atoms with E-state index in [4.69, 9.17) is 18.5 Å². The van der Waals surface area contributed by atoms with Crippen LogP contribution in [0.25, 0.3) is 0 Å². The van der Waals surface area contributed by atoms with Crippen LogP contribution in [0, 0.1) is 0 Å². The Balaban J connectivity index is 4.00. The quantitative estimate of drug-likeness (QED) is 0.0195. The maximum Gasteiger partial charge on any atom is 0.306 e. The zero-order valence-corrected chi connectivity index (χ0v) is 57.0. The van der Waals surface area contributed by atoms with E-state index in [1.807, 2.05) is 21.1 Å². The minimum absolute atomic E-state index is 0.0307. The van der Waals surface area contributed by atoms with Crippen molar-refractivity contribution in [2.24, 2.45) is 0 Å². The van der Waals surface area contributed by atoms with E-state index in [9.17, 15) is 19.0 Å². The molecule has 0 aliphatic heterocycles. The van der Waals surface area contributed by atoms with Gasteiger partial charge in [0.15, 0.2) is 6.10 Å². The van der Waals surface area contributed by atoms with Gasteiger partial charge in [-0.05, 0) is 83.5 Å². The molecule has 0 aliphatic carbocycles. The van der Waals surface area contributed by atoms with Gasteiger partial charge in [0.2, 0.25) is 0 Å². The topological polar surface area (TPSA) is 111 Å². The Bertz CT molecular complexity index is 1600. The predicted octanol–water partition coefficient (Wildman–Crippen LogP) is 22.8. The fourth-order valence-corrected chi connectivity index (χ4v) is 11.2. The fourth-order valence-electron chi connectivity index (χ4n) is 10.5. The van der Waals surface area contributed by atoms with Gasteiger partial charge in [-0.2, -0.15) is 0 Å². The minimum atomic E-state index is -4.64. The number of unbranched alkanes of at least 4 members (excludes halogenated alkanes) is 43. The van der Waals surface area contributed by atoms with Gasteiger partial charge in [-0.25, -0.2) is 0 Å². The van der Waals surface area contributed by atoms with Gasteiger partial charge < -0.3 is 27.9 Å². The molecule has 0 heterocycles. The maximum absolute atomic E-state index is 12.9. The Morgan fingerprint density at radius 3 is 0.952 bits per heavy atom. The van der Waals surface area contributed by atoms with Gasteiger partial charge >= 0.3 is 11.9 Å². The molecule has 84 heavy (non-hydrogen) atoms. The number of ether oxygens (including phenoxy) is 2. The number of esters is 2. The molecule has 0 spiro atoms. The lowest BCUT2D eigenvalue weighted by atomic mass is 10.0. The summed E-state index contributed by atoms with van der Waals surface area (Å²) >= 11 is 0. The van der Waals surface area contributed by atoms with Crippen LogP contribution in [0.3, 0.4) is 0 Å². The maximum atomic E-state index is 12.9. The molecule has 0 bridgehead atoms. The monoisotopic (exact) mass is 1200 g/mol. The lowest BCUT2D eigenvalue weighted by Gasteiger charge is -2.28. The molecule has 0 saturated carbocycles. The molecule has 0 aromatic rings. The number of carbonyl (C=O) groups is 2. The summed E-state index contributed by atoms with van der Waals surface area (Å²) < 4.78 is 34.3. The molecular formula is C74H138NO8P. The smallest absolute Gasteiger partial charge is 0.306 e. The van der Waals surface area contributed by atoms with Gasteiger partial charge in [-0.3, -0.25) is 14.2 Å². The highest BCUT2D eigenvalue weighted by atomic mass is 31.2. The average Bonchev–Trinajstić information content (AvgIpc) is 3.61.